The Labute approximate surface area is 100 Å². The van der Waals surface area contributed by atoms with Gasteiger partial charge in [0.1, 0.15) is 0 Å². The van der Waals surface area contributed by atoms with E-state index in [1.54, 1.807) is 24.3 Å². The highest BCUT2D eigenvalue weighted by atomic mass is 16.5. The Morgan fingerprint density at radius 3 is 2.53 bits per heavy atom. The number of benzene rings is 1. The average Bonchev–Trinajstić information content (AvgIpc) is 2.34. The van der Waals surface area contributed by atoms with Crippen LogP contribution in [0.15, 0.2) is 35.3 Å². The zero-order valence-corrected chi connectivity index (χ0v) is 9.63. The number of hydrogen-bond donors (Lipinski definition) is 2. The summed E-state index contributed by atoms with van der Waals surface area (Å²) in [5.41, 5.74) is 10.9. The predicted octanol–water partition coefficient (Wildman–Crippen LogP) is 0.897. The number of ether oxygens (including phenoxy) is 1. The number of hydrogen-bond acceptors (Lipinski definition) is 3. The summed E-state index contributed by atoms with van der Waals surface area (Å²) in [6, 6.07) is 8.90. The van der Waals surface area contributed by atoms with Crippen LogP contribution >= 0.6 is 0 Å². The van der Waals surface area contributed by atoms with Crippen molar-refractivity contribution < 1.29 is 9.53 Å². The first-order valence-electron chi connectivity index (χ1n) is 5.47. The van der Waals surface area contributed by atoms with Gasteiger partial charge < -0.3 is 16.2 Å². The van der Waals surface area contributed by atoms with Gasteiger partial charge in [-0.15, -0.1) is 0 Å². The largest absolute Gasteiger partial charge is 0.462 e. The molecule has 0 fully saturated rings. The van der Waals surface area contributed by atoms with Gasteiger partial charge in [0.15, 0.2) is 5.96 Å². The van der Waals surface area contributed by atoms with Gasteiger partial charge in [-0.2, -0.15) is 0 Å². The van der Waals surface area contributed by atoms with E-state index >= 15 is 0 Å². The quantitative estimate of drug-likeness (QED) is 0.331. The molecule has 0 aliphatic rings. The highest BCUT2D eigenvalue weighted by Gasteiger charge is 2.04. The first kappa shape index (κ1) is 13.0. The Balaban J connectivity index is 2.15. The molecule has 0 atom stereocenters. The molecule has 0 saturated carbocycles. The molecule has 0 spiro atoms. The SMILES string of the molecule is NC(N)=NCCCCOC(=O)c1ccccc1. The summed E-state index contributed by atoms with van der Waals surface area (Å²) >= 11 is 0. The molecule has 1 aromatic carbocycles. The molecule has 0 aliphatic carbocycles. The minimum absolute atomic E-state index is 0.0891. The molecule has 1 rings (SSSR count). The molecule has 5 nitrogen and oxygen atoms in total. The highest BCUT2D eigenvalue weighted by Crippen LogP contribution is 2.02. The second-order valence-electron chi connectivity index (χ2n) is 3.52. The van der Waals surface area contributed by atoms with E-state index in [1.165, 1.54) is 0 Å². The number of rotatable bonds is 6. The highest BCUT2D eigenvalue weighted by molar-refractivity contribution is 5.89. The lowest BCUT2D eigenvalue weighted by Gasteiger charge is -2.03. The third-order valence-electron chi connectivity index (χ3n) is 2.09. The van der Waals surface area contributed by atoms with Crippen molar-refractivity contribution in [2.24, 2.45) is 16.5 Å². The zero-order chi connectivity index (χ0) is 12.5. The van der Waals surface area contributed by atoms with Crippen molar-refractivity contribution in [3.05, 3.63) is 35.9 Å². The van der Waals surface area contributed by atoms with Crippen molar-refractivity contribution in [1.82, 2.24) is 0 Å². The fourth-order valence-electron chi connectivity index (χ4n) is 1.24. The van der Waals surface area contributed by atoms with Crippen LogP contribution in [-0.2, 0) is 4.74 Å². The third kappa shape index (κ3) is 5.55. The second-order valence-corrected chi connectivity index (χ2v) is 3.52. The first-order valence-corrected chi connectivity index (χ1v) is 5.47. The van der Waals surface area contributed by atoms with Gasteiger partial charge in [0.25, 0.3) is 0 Å². The van der Waals surface area contributed by atoms with E-state index in [1.807, 2.05) is 6.07 Å². The number of carbonyl (C=O) groups is 1. The molecular weight excluding hydrogens is 218 g/mol. The molecule has 1 aromatic rings. The van der Waals surface area contributed by atoms with Gasteiger partial charge >= 0.3 is 5.97 Å². The van der Waals surface area contributed by atoms with Crippen LogP contribution in [0.5, 0.6) is 0 Å². The third-order valence-corrected chi connectivity index (χ3v) is 2.09. The molecule has 0 radical (unpaired) electrons. The van der Waals surface area contributed by atoms with Gasteiger partial charge in [0, 0.05) is 6.54 Å². The van der Waals surface area contributed by atoms with Crippen LogP contribution in [0.25, 0.3) is 0 Å². The van der Waals surface area contributed by atoms with E-state index in [-0.39, 0.29) is 11.9 Å². The summed E-state index contributed by atoms with van der Waals surface area (Å²) in [5.74, 6) is -0.210. The molecule has 5 heteroatoms. The molecule has 0 bridgehead atoms. The van der Waals surface area contributed by atoms with Gasteiger partial charge in [0.05, 0.1) is 12.2 Å². The molecule has 0 heterocycles. The van der Waals surface area contributed by atoms with E-state index in [0.717, 1.165) is 12.8 Å². The van der Waals surface area contributed by atoms with E-state index in [0.29, 0.717) is 18.7 Å². The lowest BCUT2D eigenvalue weighted by Crippen LogP contribution is -2.23. The van der Waals surface area contributed by atoms with E-state index in [2.05, 4.69) is 4.99 Å². The van der Waals surface area contributed by atoms with Crippen molar-refractivity contribution in [2.45, 2.75) is 12.8 Å². The number of aliphatic imine (C=N–C) groups is 1. The van der Waals surface area contributed by atoms with Crippen LogP contribution in [-0.4, -0.2) is 25.1 Å². The van der Waals surface area contributed by atoms with Crippen molar-refractivity contribution in [3.8, 4) is 0 Å². The van der Waals surface area contributed by atoms with Crippen LogP contribution in [0.2, 0.25) is 0 Å². The number of nitrogens with two attached hydrogens (primary N) is 2. The van der Waals surface area contributed by atoms with E-state index < -0.39 is 0 Å². The topological polar surface area (TPSA) is 90.7 Å². The van der Waals surface area contributed by atoms with Gasteiger partial charge in [-0.3, -0.25) is 4.99 Å². The Morgan fingerprint density at radius 2 is 1.88 bits per heavy atom. The number of carbonyl (C=O) groups excluding carboxylic acids is 1. The van der Waals surface area contributed by atoms with Crippen molar-refractivity contribution in [2.75, 3.05) is 13.2 Å². The minimum atomic E-state index is -0.299. The summed E-state index contributed by atoms with van der Waals surface area (Å²) in [7, 11) is 0. The Hall–Kier alpha value is -2.04. The molecule has 4 N–H and O–H groups in total. The van der Waals surface area contributed by atoms with Gasteiger partial charge in [-0.25, -0.2) is 4.79 Å². The lowest BCUT2D eigenvalue weighted by atomic mass is 10.2. The van der Waals surface area contributed by atoms with E-state index in [9.17, 15) is 4.79 Å². The molecular formula is C12H17N3O2. The smallest absolute Gasteiger partial charge is 0.338 e. The summed E-state index contributed by atoms with van der Waals surface area (Å²) in [6.07, 6.45) is 1.54. The van der Waals surface area contributed by atoms with E-state index in [4.69, 9.17) is 16.2 Å². The van der Waals surface area contributed by atoms with Gasteiger partial charge in [-0.1, -0.05) is 18.2 Å². The molecule has 0 aliphatic heterocycles. The number of nitrogens with zero attached hydrogens (tertiary/aromatic N) is 1. The van der Waals surface area contributed by atoms with Crippen LogP contribution in [0.3, 0.4) is 0 Å². The number of esters is 1. The second kappa shape index (κ2) is 7.27. The first-order chi connectivity index (χ1) is 8.20. The minimum Gasteiger partial charge on any atom is -0.462 e. The van der Waals surface area contributed by atoms with Crippen molar-refractivity contribution >= 4 is 11.9 Å². The summed E-state index contributed by atoms with van der Waals surface area (Å²) in [4.78, 5) is 15.3. The maximum Gasteiger partial charge on any atom is 0.338 e. The molecule has 0 aromatic heterocycles. The fourth-order valence-corrected chi connectivity index (χ4v) is 1.24. The zero-order valence-electron chi connectivity index (χ0n) is 9.63. The Bertz CT molecular complexity index is 373. The molecule has 0 saturated heterocycles. The average molecular weight is 235 g/mol. The van der Waals surface area contributed by atoms with Gasteiger partial charge in [-0.05, 0) is 25.0 Å². The van der Waals surface area contributed by atoms with Crippen molar-refractivity contribution in [3.63, 3.8) is 0 Å². The maximum atomic E-state index is 11.5. The number of guanidine groups is 1. The van der Waals surface area contributed by atoms with Gasteiger partial charge in [0.2, 0.25) is 0 Å². The molecule has 17 heavy (non-hydrogen) atoms. The summed E-state index contributed by atoms with van der Waals surface area (Å²) < 4.78 is 5.09. The summed E-state index contributed by atoms with van der Waals surface area (Å²) in [6.45, 7) is 0.943. The Morgan fingerprint density at radius 1 is 1.18 bits per heavy atom. The fraction of sp³-hybridized carbons (Fsp3) is 0.333. The van der Waals surface area contributed by atoms with Crippen LogP contribution < -0.4 is 11.5 Å². The molecule has 0 amide bonds. The molecule has 92 valence electrons. The van der Waals surface area contributed by atoms with Crippen molar-refractivity contribution in [1.29, 1.82) is 0 Å². The van der Waals surface area contributed by atoms with Crippen LogP contribution in [0.4, 0.5) is 0 Å². The standard InChI is InChI=1S/C12H17N3O2/c13-12(14)15-8-4-5-9-17-11(16)10-6-2-1-3-7-10/h1-3,6-7H,4-5,8-9H2,(H4,13,14,15). The lowest BCUT2D eigenvalue weighted by molar-refractivity contribution is 0.0499. The number of unbranched alkanes of at least 4 members (excludes halogenated alkanes) is 1. The summed E-state index contributed by atoms with van der Waals surface area (Å²) in [5, 5.41) is 0. The predicted molar refractivity (Wildman–Crippen MR) is 66.6 cm³/mol. The monoisotopic (exact) mass is 235 g/mol. The molecule has 0 unspecified atom stereocenters. The maximum absolute atomic E-state index is 11.5. The Kier molecular flexibility index (Phi) is 5.57. The van der Waals surface area contributed by atoms with Crippen LogP contribution in [0.1, 0.15) is 23.2 Å². The normalized spacial score (nSPS) is 9.65. The van der Waals surface area contributed by atoms with Crippen LogP contribution in [0, 0.1) is 0 Å².